The number of carbonyl (C=O) groups is 2. The summed E-state index contributed by atoms with van der Waals surface area (Å²) in [4.78, 5) is 23.8. The largest absolute Gasteiger partial charge is 0.482 e. The van der Waals surface area contributed by atoms with Crippen LogP contribution in [0, 0.1) is 13.8 Å². The number of rotatable bonds is 3. The summed E-state index contributed by atoms with van der Waals surface area (Å²) in [6.45, 7) is 5.31. The molecule has 1 aliphatic rings. The number of hydrogen-bond donors (Lipinski definition) is 2. The van der Waals surface area contributed by atoms with Crippen LogP contribution in [0.4, 0.5) is 5.69 Å². The van der Waals surface area contributed by atoms with E-state index >= 15 is 0 Å². The normalized spacial score (nSPS) is 14.5. The summed E-state index contributed by atoms with van der Waals surface area (Å²) >= 11 is 0. The fraction of sp³-hybridized carbons (Fsp3) is 0.312. The first-order chi connectivity index (χ1) is 11.0. The van der Waals surface area contributed by atoms with Crippen molar-refractivity contribution in [3.05, 3.63) is 40.8 Å². The lowest BCUT2D eigenvalue weighted by atomic mass is 10.1. The Hall–Kier alpha value is -2.83. The smallest absolute Gasteiger partial charge is 0.262 e. The number of ether oxygens (including phenoxy) is 1. The van der Waals surface area contributed by atoms with Gasteiger partial charge in [0.2, 0.25) is 0 Å². The van der Waals surface area contributed by atoms with Gasteiger partial charge in [-0.05, 0) is 38.5 Å². The van der Waals surface area contributed by atoms with Crippen molar-refractivity contribution >= 4 is 17.5 Å². The number of anilines is 1. The number of benzene rings is 1. The standard InChI is InChI=1S/C16H17N3O4/c1-8(17-16(21)15-9(2)19-23-10(15)3)11-4-5-13-12(6-11)18-14(20)7-22-13/h4-6,8H,7H2,1-3H3,(H,17,21)(H,18,20)/t8-/m0/s1. The number of amides is 2. The van der Waals surface area contributed by atoms with Crippen LogP contribution >= 0.6 is 0 Å². The molecule has 2 amide bonds. The van der Waals surface area contributed by atoms with E-state index in [1.54, 1.807) is 26.0 Å². The molecular weight excluding hydrogens is 298 g/mol. The minimum absolute atomic E-state index is 0.0185. The molecule has 7 heteroatoms. The molecule has 23 heavy (non-hydrogen) atoms. The summed E-state index contributed by atoms with van der Waals surface area (Å²) in [6.07, 6.45) is 0. The Morgan fingerprint density at radius 1 is 1.39 bits per heavy atom. The van der Waals surface area contributed by atoms with E-state index in [-0.39, 0.29) is 24.5 Å². The highest BCUT2D eigenvalue weighted by Gasteiger charge is 2.21. The summed E-state index contributed by atoms with van der Waals surface area (Å²) in [5.41, 5.74) is 2.47. The summed E-state index contributed by atoms with van der Waals surface area (Å²) in [5, 5.41) is 9.44. The molecule has 0 saturated carbocycles. The van der Waals surface area contributed by atoms with Gasteiger partial charge < -0.3 is 19.9 Å². The van der Waals surface area contributed by atoms with Crippen LogP contribution in [0.2, 0.25) is 0 Å². The van der Waals surface area contributed by atoms with Gasteiger partial charge in [0.15, 0.2) is 6.61 Å². The van der Waals surface area contributed by atoms with E-state index in [0.717, 1.165) is 5.56 Å². The molecule has 0 saturated heterocycles. The van der Waals surface area contributed by atoms with Gasteiger partial charge in [-0.15, -0.1) is 0 Å². The molecule has 1 atom stereocenters. The highest BCUT2D eigenvalue weighted by molar-refractivity contribution is 5.97. The van der Waals surface area contributed by atoms with E-state index in [4.69, 9.17) is 9.26 Å². The summed E-state index contributed by atoms with van der Waals surface area (Å²) in [7, 11) is 0. The third-order valence-electron chi connectivity index (χ3n) is 3.74. The van der Waals surface area contributed by atoms with E-state index in [1.165, 1.54) is 0 Å². The molecule has 1 aromatic carbocycles. The Labute approximate surface area is 133 Å². The van der Waals surface area contributed by atoms with Crippen LogP contribution in [0.1, 0.15) is 40.3 Å². The Bertz CT molecular complexity index is 762. The third-order valence-corrected chi connectivity index (χ3v) is 3.74. The van der Waals surface area contributed by atoms with Crippen molar-refractivity contribution in [1.29, 1.82) is 0 Å². The Morgan fingerprint density at radius 3 is 2.87 bits per heavy atom. The minimum atomic E-state index is -0.250. The zero-order chi connectivity index (χ0) is 16.6. The number of aromatic nitrogens is 1. The molecule has 1 aliphatic heterocycles. The van der Waals surface area contributed by atoms with Gasteiger partial charge in [0.1, 0.15) is 17.1 Å². The van der Waals surface area contributed by atoms with Crippen LogP contribution in [0.15, 0.2) is 22.7 Å². The average molecular weight is 315 g/mol. The fourth-order valence-electron chi connectivity index (χ4n) is 2.53. The van der Waals surface area contributed by atoms with Crippen LogP contribution in [-0.4, -0.2) is 23.6 Å². The second-order valence-corrected chi connectivity index (χ2v) is 5.49. The lowest BCUT2D eigenvalue weighted by Gasteiger charge is -2.21. The highest BCUT2D eigenvalue weighted by Crippen LogP contribution is 2.30. The van der Waals surface area contributed by atoms with E-state index in [2.05, 4.69) is 15.8 Å². The van der Waals surface area contributed by atoms with Gasteiger partial charge in [-0.1, -0.05) is 11.2 Å². The Morgan fingerprint density at radius 2 is 2.17 bits per heavy atom. The van der Waals surface area contributed by atoms with Crippen molar-refractivity contribution in [2.75, 3.05) is 11.9 Å². The number of nitrogens with zero attached hydrogens (tertiary/aromatic N) is 1. The molecule has 0 bridgehead atoms. The lowest BCUT2D eigenvalue weighted by molar-refractivity contribution is -0.118. The molecular formula is C16H17N3O4. The fourth-order valence-corrected chi connectivity index (χ4v) is 2.53. The molecule has 0 spiro atoms. The predicted molar refractivity (Wildman–Crippen MR) is 82.4 cm³/mol. The van der Waals surface area contributed by atoms with Crippen molar-refractivity contribution in [2.45, 2.75) is 26.8 Å². The van der Waals surface area contributed by atoms with Crippen molar-refractivity contribution in [2.24, 2.45) is 0 Å². The maximum Gasteiger partial charge on any atom is 0.262 e. The second kappa shape index (κ2) is 5.75. The molecule has 0 aliphatic carbocycles. The molecule has 2 N–H and O–H groups in total. The Balaban J connectivity index is 1.78. The molecule has 0 radical (unpaired) electrons. The summed E-state index contributed by atoms with van der Waals surface area (Å²) in [6, 6.07) is 5.18. The highest BCUT2D eigenvalue weighted by atomic mass is 16.5. The van der Waals surface area contributed by atoms with E-state index < -0.39 is 0 Å². The zero-order valence-corrected chi connectivity index (χ0v) is 13.1. The van der Waals surface area contributed by atoms with Crippen molar-refractivity contribution in [3.8, 4) is 5.75 Å². The van der Waals surface area contributed by atoms with Crippen LogP contribution in [0.3, 0.4) is 0 Å². The van der Waals surface area contributed by atoms with Gasteiger partial charge in [-0.3, -0.25) is 9.59 Å². The quantitative estimate of drug-likeness (QED) is 0.905. The van der Waals surface area contributed by atoms with E-state index in [1.807, 2.05) is 13.0 Å². The molecule has 120 valence electrons. The average Bonchev–Trinajstić information content (AvgIpc) is 2.85. The van der Waals surface area contributed by atoms with E-state index in [9.17, 15) is 9.59 Å². The van der Waals surface area contributed by atoms with Gasteiger partial charge in [-0.2, -0.15) is 0 Å². The first kappa shape index (κ1) is 15.1. The van der Waals surface area contributed by atoms with Crippen molar-refractivity contribution < 1.29 is 18.8 Å². The maximum absolute atomic E-state index is 12.4. The molecule has 3 rings (SSSR count). The van der Waals surface area contributed by atoms with Gasteiger partial charge in [0.25, 0.3) is 11.8 Å². The van der Waals surface area contributed by atoms with E-state index in [0.29, 0.717) is 28.5 Å². The second-order valence-electron chi connectivity index (χ2n) is 5.49. The maximum atomic E-state index is 12.4. The molecule has 0 fully saturated rings. The molecule has 7 nitrogen and oxygen atoms in total. The monoisotopic (exact) mass is 315 g/mol. The molecule has 0 unspecified atom stereocenters. The zero-order valence-electron chi connectivity index (χ0n) is 13.1. The number of aryl methyl sites for hydroxylation is 2. The van der Waals surface area contributed by atoms with Crippen molar-refractivity contribution in [1.82, 2.24) is 10.5 Å². The SMILES string of the molecule is Cc1noc(C)c1C(=O)N[C@@H](C)c1ccc2c(c1)NC(=O)CO2. The number of carbonyl (C=O) groups excluding carboxylic acids is 2. The number of hydrogen-bond acceptors (Lipinski definition) is 5. The van der Waals surface area contributed by atoms with Gasteiger partial charge in [-0.25, -0.2) is 0 Å². The molecule has 2 aromatic rings. The third kappa shape index (κ3) is 2.90. The molecule has 2 heterocycles. The van der Waals surface area contributed by atoms with Crippen LogP contribution in [0.25, 0.3) is 0 Å². The topological polar surface area (TPSA) is 93.5 Å². The predicted octanol–water partition coefficient (Wildman–Crippen LogP) is 2.11. The van der Waals surface area contributed by atoms with Crippen LogP contribution in [-0.2, 0) is 4.79 Å². The van der Waals surface area contributed by atoms with Crippen molar-refractivity contribution in [3.63, 3.8) is 0 Å². The van der Waals surface area contributed by atoms with Crippen LogP contribution in [0.5, 0.6) is 5.75 Å². The van der Waals surface area contributed by atoms with Crippen LogP contribution < -0.4 is 15.4 Å². The van der Waals surface area contributed by atoms with Gasteiger partial charge in [0, 0.05) is 0 Å². The summed E-state index contributed by atoms with van der Waals surface area (Å²) in [5.74, 6) is 0.671. The first-order valence-electron chi connectivity index (χ1n) is 7.26. The van der Waals surface area contributed by atoms with Gasteiger partial charge in [0.05, 0.1) is 17.4 Å². The number of fused-ring (bicyclic) bond motifs is 1. The van der Waals surface area contributed by atoms with Gasteiger partial charge >= 0.3 is 0 Å². The molecule has 1 aromatic heterocycles. The minimum Gasteiger partial charge on any atom is -0.482 e. The lowest BCUT2D eigenvalue weighted by Crippen LogP contribution is -2.28. The Kier molecular flexibility index (Phi) is 3.77. The first-order valence-corrected chi connectivity index (χ1v) is 7.26. The summed E-state index contributed by atoms with van der Waals surface area (Å²) < 4.78 is 10.3. The number of nitrogens with one attached hydrogen (secondary N) is 2.